The lowest BCUT2D eigenvalue weighted by atomic mass is 10.1. The molecule has 2 nitrogen and oxygen atoms in total. The van der Waals surface area contributed by atoms with Crippen LogP contribution in [0.25, 0.3) is 0 Å². The van der Waals surface area contributed by atoms with Crippen LogP contribution >= 0.6 is 0 Å². The van der Waals surface area contributed by atoms with Crippen LogP contribution in [0.3, 0.4) is 0 Å². The highest BCUT2D eigenvalue weighted by atomic mass is 16.3. The highest BCUT2D eigenvalue weighted by Gasteiger charge is 1.99. The largest absolute Gasteiger partial charge is 0.379 e. The molecular weight excluding hydrogens is 138 g/mol. The zero-order chi connectivity index (χ0) is 8.53. The first-order valence-electron chi connectivity index (χ1n) is 4.72. The Morgan fingerprint density at radius 1 is 1.18 bits per heavy atom. The van der Waals surface area contributed by atoms with Gasteiger partial charge in [0.25, 0.3) is 0 Å². The van der Waals surface area contributed by atoms with Crippen molar-refractivity contribution in [1.29, 1.82) is 0 Å². The van der Waals surface area contributed by atoms with Gasteiger partial charge < -0.3 is 5.11 Å². The molecule has 0 bridgehead atoms. The zero-order valence-corrected chi connectivity index (χ0v) is 7.77. The van der Waals surface area contributed by atoms with Crippen LogP contribution in [0.4, 0.5) is 0 Å². The van der Waals surface area contributed by atoms with Crippen LogP contribution in [0.15, 0.2) is 0 Å². The third kappa shape index (κ3) is 7.82. The maximum absolute atomic E-state index is 9.24. The summed E-state index contributed by atoms with van der Waals surface area (Å²) >= 11 is 0. The highest BCUT2D eigenvalue weighted by Crippen LogP contribution is 2.03. The second-order valence-electron chi connectivity index (χ2n) is 2.92. The van der Waals surface area contributed by atoms with Gasteiger partial charge in [-0.1, -0.05) is 33.1 Å². The second kappa shape index (κ2) is 8.02. The second-order valence-corrected chi connectivity index (χ2v) is 2.92. The van der Waals surface area contributed by atoms with Gasteiger partial charge in [-0.25, -0.2) is 0 Å². The Bertz CT molecular complexity index is 76.0. The first-order chi connectivity index (χ1) is 5.31. The van der Waals surface area contributed by atoms with E-state index in [2.05, 4.69) is 12.2 Å². The summed E-state index contributed by atoms with van der Waals surface area (Å²) in [7, 11) is 0. The fourth-order valence-corrected chi connectivity index (χ4v) is 1.10. The van der Waals surface area contributed by atoms with E-state index in [0.29, 0.717) is 0 Å². The van der Waals surface area contributed by atoms with Crippen LogP contribution in [0.1, 0.15) is 46.0 Å². The third-order valence-electron chi connectivity index (χ3n) is 1.77. The lowest BCUT2D eigenvalue weighted by Crippen LogP contribution is -2.27. The van der Waals surface area contributed by atoms with E-state index in [1.165, 1.54) is 19.3 Å². The molecule has 0 radical (unpaired) electrons. The minimum Gasteiger partial charge on any atom is -0.379 e. The van der Waals surface area contributed by atoms with Gasteiger partial charge in [-0.05, 0) is 19.4 Å². The van der Waals surface area contributed by atoms with Gasteiger partial charge in [0, 0.05) is 0 Å². The molecule has 0 rings (SSSR count). The number of rotatable bonds is 7. The van der Waals surface area contributed by atoms with E-state index in [9.17, 15) is 5.11 Å². The minimum atomic E-state index is -0.281. The van der Waals surface area contributed by atoms with Crippen molar-refractivity contribution < 1.29 is 5.11 Å². The first kappa shape index (κ1) is 10.9. The Balaban J connectivity index is 2.97. The number of aliphatic hydroxyl groups excluding tert-OH is 1. The van der Waals surface area contributed by atoms with Gasteiger partial charge in [0.2, 0.25) is 0 Å². The molecule has 0 aliphatic carbocycles. The molecule has 11 heavy (non-hydrogen) atoms. The smallest absolute Gasteiger partial charge is 0.104 e. The summed E-state index contributed by atoms with van der Waals surface area (Å²) < 4.78 is 0. The quantitative estimate of drug-likeness (QED) is 0.439. The molecule has 0 aromatic heterocycles. The fraction of sp³-hybridized carbons (Fsp3) is 1.00. The van der Waals surface area contributed by atoms with E-state index in [1.807, 2.05) is 6.92 Å². The van der Waals surface area contributed by atoms with Crippen molar-refractivity contribution in [1.82, 2.24) is 5.32 Å². The summed E-state index contributed by atoms with van der Waals surface area (Å²) in [5.41, 5.74) is 0. The summed E-state index contributed by atoms with van der Waals surface area (Å²) in [4.78, 5) is 0. The van der Waals surface area contributed by atoms with Crippen LogP contribution in [-0.4, -0.2) is 17.9 Å². The molecule has 1 unspecified atom stereocenters. The lowest BCUT2D eigenvalue weighted by Gasteiger charge is -2.09. The normalized spacial score (nSPS) is 13.4. The Labute approximate surface area is 70.0 Å². The SMILES string of the molecule is CCCCCCC(O)NCC. The van der Waals surface area contributed by atoms with Gasteiger partial charge in [0.15, 0.2) is 0 Å². The number of hydrogen-bond donors (Lipinski definition) is 2. The van der Waals surface area contributed by atoms with Crippen LogP contribution in [-0.2, 0) is 0 Å². The van der Waals surface area contributed by atoms with Gasteiger partial charge in [0.1, 0.15) is 6.23 Å². The maximum atomic E-state index is 9.24. The molecule has 68 valence electrons. The van der Waals surface area contributed by atoms with Crippen LogP contribution in [0.5, 0.6) is 0 Å². The summed E-state index contributed by atoms with van der Waals surface area (Å²) in [5.74, 6) is 0. The average molecular weight is 159 g/mol. The van der Waals surface area contributed by atoms with Gasteiger partial charge in [-0.3, -0.25) is 5.32 Å². The van der Waals surface area contributed by atoms with Gasteiger partial charge >= 0.3 is 0 Å². The number of nitrogens with one attached hydrogen (secondary N) is 1. The van der Waals surface area contributed by atoms with E-state index < -0.39 is 0 Å². The average Bonchev–Trinajstić information content (AvgIpc) is 1.99. The van der Waals surface area contributed by atoms with Crippen molar-refractivity contribution in [3.8, 4) is 0 Å². The van der Waals surface area contributed by atoms with Crippen LogP contribution in [0.2, 0.25) is 0 Å². The molecule has 0 heterocycles. The number of aliphatic hydroxyl groups is 1. The Kier molecular flexibility index (Phi) is 7.96. The predicted octanol–water partition coefficient (Wildman–Crippen LogP) is 1.88. The monoisotopic (exact) mass is 159 g/mol. The molecule has 0 aromatic rings. The minimum absolute atomic E-state index is 0.281. The maximum Gasteiger partial charge on any atom is 0.104 e. The van der Waals surface area contributed by atoms with Crippen molar-refractivity contribution in [2.75, 3.05) is 6.54 Å². The predicted molar refractivity (Wildman–Crippen MR) is 48.4 cm³/mol. The Morgan fingerprint density at radius 2 is 1.91 bits per heavy atom. The standard InChI is InChI=1S/C9H21NO/c1-3-5-6-7-8-9(11)10-4-2/h9-11H,3-8H2,1-2H3. The molecular formula is C9H21NO. The van der Waals surface area contributed by atoms with Gasteiger partial charge in [-0.2, -0.15) is 0 Å². The summed E-state index contributed by atoms with van der Waals surface area (Å²) in [6.45, 7) is 5.06. The van der Waals surface area contributed by atoms with Crippen molar-refractivity contribution in [2.24, 2.45) is 0 Å². The van der Waals surface area contributed by atoms with Crippen molar-refractivity contribution in [3.05, 3.63) is 0 Å². The van der Waals surface area contributed by atoms with E-state index >= 15 is 0 Å². The molecule has 0 aromatic carbocycles. The molecule has 2 N–H and O–H groups in total. The summed E-state index contributed by atoms with van der Waals surface area (Å²) in [6.07, 6.45) is 5.56. The molecule has 0 saturated heterocycles. The third-order valence-corrected chi connectivity index (χ3v) is 1.77. The van der Waals surface area contributed by atoms with E-state index in [4.69, 9.17) is 0 Å². The van der Waals surface area contributed by atoms with Crippen molar-refractivity contribution in [2.45, 2.75) is 52.2 Å². The highest BCUT2D eigenvalue weighted by molar-refractivity contribution is 4.51. The zero-order valence-electron chi connectivity index (χ0n) is 7.77. The molecule has 0 saturated carbocycles. The van der Waals surface area contributed by atoms with Crippen molar-refractivity contribution in [3.63, 3.8) is 0 Å². The molecule has 0 spiro atoms. The van der Waals surface area contributed by atoms with Crippen molar-refractivity contribution >= 4 is 0 Å². The van der Waals surface area contributed by atoms with E-state index in [-0.39, 0.29) is 6.23 Å². The van der Waals surface area contributed by atoms with Gasteiger partial charge in [-0.15, -0.1) is 0 Å². The molecule has 0 aliphatic rings. The fourth-order valence-electron chi connectivity index (χ4n) is 1.10. The molecule has 2 heteroatoms. The molecule has 0 amide bonds. The lowest BCUT2D eigenvalue weighted by molar-refractivity contribution is 0.127. The molecule has 0 aliphatic heterocycles. The summed E-state index contributed by atoms with van der Waals surface area (Å²) in [6, 6.07) is 0. The first-order valence-corrected chi connectivity index (χ1v) is 4.72. The summed E-state index contributed by atoms with van der Waals surface area (Å²) in [5, 5.41) is 12.2. The molecule has 1 atom stereocenters. The van der Waals surface area contributed by atoms with Crippen LogP contribution < -0.4 is 5.32 Å². The van der Waals surface area contributed by atoms with E-state index in [0.717, 1.165) is 19.4 Å². The number of hydrogen-bond acceptors (Lipinski definition) is 2. The van der Waals surface area contributed by atoms with E-state index in [1.54, 1.807) is 0 Å². The Hall–Kier alpha value is -0.0800. The van der Waals surface area contributed by atoms with Gasteiger partial charge in [0.05, 0.1) is 0 Å². The number of unbranched alkanes of at least 4 members (excludes halogenated alkanes) is 3. The molecule has 0 fully saturated rings. The van der Waals surface area contributed by atoms with Crippen LogP contribution in [0, 0.1) is 0 Å². The Morgan fingerprint density at radius 3 is 2.45 bits per heavy atom. The topological polar surface area (TPSA) is 32.3 Å².